The topological polar surface area (TPSA) is 105 Å². The maximum atomic E-state index is 13.6. The number of methoxy groups -OCH3 is 1. The van der Waals surface area contributed by atoms with Crippen LogP contribution in [0.5, 0.6) is 0 Å². The van der Waals surface area contributed by atoms with E-state index in [0.717, 1.165) is 36.3 Å². The first-order chi connectivity index (χ1) is 19.7. The lowest BCUT2D eigenvalue weighted by Gasteiger charge is -2.22. The van der Waals surface area contributed by atoms with Crippen LogP contribution >= 0.6 is 11.6 Å². The first kappa shape index (κ1) is 32.0. The number of benzene rings is 2. The van der Waals surface area contributed by atoms with Crippen molar-refractivity contribution in [1.82, 2.24) is 5.32 Å². The Labute approximate surface area is 249 Å². The van der Waals surface area contributed by atoms with E-state index < -0.39 is 24.0 Å². The molecule has 1 atom stereocenters. The van der Waals surface area contributed by atoms with Crippen LogP contribution in [-0.2, 0) is 30.5 Å². The minimum absolute atomic E-state index is 0.0112. The van der Waals surface area contributed by atoms with E-state index in [1.165, 1.54) is 12.0 Å². The van der Waals surface area contributed by atoms with E-state index in [4.69, 9.17) is 21.1 Å². The number of carbonyl (C=O) groups is 4. The van der Waals surface area contributed by atoms with E-state index in [9.17, 15) is 19.2 Å². The lowest BCUT2D eigenvalue weighted by Crippen LogP contribution is -2.48. The van der Waals surface area contributed by atoms with Crippen molar-refractivity contribution in [2.75, 3.05) is 19.1 Å². The van der Waals surface area contributed by atoms with Crippen molar-refractivity contribution in [2.24, 2.45) is 5.92 Å². The minimum Gasteiger partial charge on any atom is -0.467 e. The van der Waals surface area contributed by atoms with Gasteiger partial charge in [-0.2, -0.15) is 9.04 Å². The third kappa shape index (κ3) is 9.82. The van der Waals surface area contributed by atoms with Crippen LogP contribution in [-0.4, -0.2) is 64.4 Å². The van der Waals surface area contributed by atoms with Crippen LogP contribution in [0.4, 0.5) is 10.5 Å². The Kier molecular flexibility index (Phi) is 12.5. The van der Waals surface area contributed by atoms with Crippen molar-refractivity contribution < 1.29 is 32.9 Å². The fourth-order valence-corrected chi connectivity index (χ4v) is 5.23. The molecule has 0 bridgehead atoms. The predicted octanol–water partition coefficient (Wildman–Crippen LogP) is 4.59. The lowest BCUT2D eigenvalue weighted by atomic mass is 9.85. The molecule has 1 N–H and O–H groups in total. The average Bonchev–Trinajstić information content (AvgIpc) is 3.00. The summed E-state index contributed by atoms with van der Waals surface area (Å²) in [5.41, 5.74) is 1.52. The summed E-state index contributed by atoms with van der Waals surface area (Å²) < 4.78 is 11.3. The Morgan fingerprint density at radius 1 is 1.07 bits per heavy atom. The summed E-state index contributed by atoms with van der Waals surface area (Å²) in [5, 5.41) is 3.20. The van der Waals surface area contributed by atoms with Gasteiger partial charge in [-0.3, -0.25) is 9.59 Å². The number of esters is 1. The van der Waals surface area contributed by atoms with Gasteiger partial charge in [0.25, 0.3) is 0 Å². The second kappa shape index (κ2) is 16.1. The van der Waals surface area contributed by atoms with Gasteiger partial charge in [0.1, 0.15) is 12.6 Å². The van der Waals surface area contributed by atoms with Crippen LogP contribution in [0, 0.1) is 5.92 Å². The third-order valence-corrected chi connectivity index (χ3v) is 7.82. The van der Waals surface area contributed by atoms with Crippen LogP contribution < -0.4 is 10.2 Å². The molecule has 0 unspecified atom stereocenters. The van der Waals surface area contributed by atoms with Crippen molar-refractivity contribution in [2.45, 2.75) is 64.0 Å². The standard InChI is InChI=1S/C30H36ClN3O6Si/c1-33(24-14-7-4-8-15-24)27(35)17-16-25(29(37)39-2)32-28(36)26(19-21-10-5-3-6-11-21)34(41)30(38)40-20-22-12-9-13-23(31)18-22/h4,7-9,12-15,18,21,25H,3,5-6,10-11,16-17,19-20H2,1-2H3,(H,32,36)/q+1/b34-26-/t25-/m0/s1. The van der Waals surface area contributed by atoms with Crippen molar-refractivity contribution in [3.05, 3.63) is 65.2 Å². The third-order valence-electron chi connectivity index (χ3n) is 7.13. The quantitative estimate of drug-likeness (QED) is 0.231. The number of amides is 3. The van der Waals surface area contributed by atoms with Gasteiger partial charge >= 0.3 is 28.4 Å². The van der Waals surface area contributed by atoms with Crippen LogP contribution in [0.25, 0.3) is 0 Å². The smallest absolute Gasteiger partial charge is 0.467 e. The van der Waals surface area contributed by atoms with Gasteiger partial charge in [-0.25, -0.2) is 4.79 Å². The molecule has 1 saturated carbocycles. The van der Waals surface area contributed by atoms with Crippen LogP contribution in [0.2, 0.25) is 5.02 Å². The minimum atomic E-state index is -1.09. The summed E-state index contributed by atoms with van der Waals surface area (Å²) in [5.74, 6) is -1.34. The van der Waals surface area contributed by atoms with Crippen LogP contribution in [0.1, 0.15) is 56.9 Å². The lowest BCUT2D eigenvalue weighted by molar-refractivity contribution is -0.296. The number of hydrogen-bond acceptors (Lipinski definition) is 6. The molecule has 1 fully saturated rings. The van der Waals surface area contributed by atoms with E-state index >= 15 is 0 Å². The van der Waals surface area contributed by atoms with E-state index in [1.54, 1.807) is 43.4 Å². The molecule has 3 rings (SSSR count). The fraction of sp³-hybridized carbons (Fsp3) is 0.433. The summed E-state index contributed by atoms with van der Waals surface area (Å²) in [6, 6.07) is 14.9. The Morgan fingerprint density at radius 2 is 1.78 bits per heavy atom. The number of nitrogens with zero attached hydrogens (tertiary/aromatic N) is 2. The van der Waals surface area contributed by atoms with Gasteiger partial charge in [-0.15, -0.1) is 0 Å². The van der Waals surface area contributed by atoms with Gasteiger partial charge < -0.3 is 19.7 Å². The molecule has 1 aliphatic rings. The zero-order valence-corrected chi connectivity index (χ0v) is 25.2. The van der Waals surface area contributed by atoms with Gasteiger partial charge in [-0.1, -0.05) is 61.2 Å². The Bertz CT molecular complexity index is 1250. The number of rotatable bonds is 11. The number of halogens is 1. The molecule has 0 heterocycles. The normalized spacial score (nSPS) is 14.8. The maximum absolute atomic E-state index is 13.6. The zero-order valence-electron chi connectivity index (χ0n) is 23.4. The van der Waals surface area contributed by atoms with E-state index in [2.05, 4.69) is 15.7 Å². The molecule has 217 valence electrons. The molecule has 0 saturated heterocycles. The van der Waals surface area contributed by atoms with Crippen molar-refractivity contribution >= 4 is 57.3 Å². The van der Waals surface area contributed by atoms with E-state index in [1.807, 2.05) is 18.2 Å². The average molecular weight is 598 g/mol. The summed E-state index contributed by atoms with van der Waals surface area (Å²) in [6.45, 7) is -0.0411. The molecule has 3 amide bonds. The number of carbonyl (C=O) groups excluding carboxylic acids is 4. The van der Waals surface area contributed by atoms with Gasteiger partial charge in [0, 0.05) is 30.6 Å². The van der Waals surface area contributed by atoms with Gasteiger partial charge in [0.15, 0.2) is 0 Å². The fourth-order valence-electron chi connectivity index (χ4n) is 4.76. The zero-order chi connectivity index (χ0) is 29.8. The molecule has 9 nitrogen and oxygen atoms in total. The number of para-hydroxylation sites is 1. The molecule has 0 aromatic heterocycles. The van der Waals surface area contributed by atoms with Crippen molar-refractivity contribution in [1.29, 1.82) is 0 Å². The highest BCUT2D eigenvalue weighted by atomic mass is 35.5. The maximum Gasteiger partial charge on any atom is 0.574 e. The number of nitrogens with one attached hydrogen (secondary N) is 1. The summed E-state index contributed by atoms with van der Waals surface area (Å²) in [7, 11) is 6.17. The highest BCUT2D eigenvalue weighted by Gasteiger charge is 2.33. The molecule has 0 aliphatic heterocycles. The highest BCUT2D eigenvalue weighted by molar-refractivity contribution is 6.39. The van der Waals surface area contributed by atoms with Crippen LogP contribution in [0.15, 0.2) is 54.6 Å². The summed E-state index contributed by atoms with van der Waals surface area (Å²) in [6.07, 6.45) is 4.61. The van der Waals surface area contributed by atoms with Gasteiger partial charge in [-0.05, 0) is 55.0 Å². The number of hydrogen-bond donors (Lipinski definition) is 1. The molecule has 11 heteroatoms. The Morgan fingerprint density at radius 3 is 2.44 bits per heavy atom. The molecule has 2 aromatic rings. The Balaban J connectivity index is 1.74. The van der Waals surface area contributed by atoms with Crippen molar-refractivity contribution in [3.63, 3.8) is 0 Å². The second-order valence-electron chi connectivity index (χ2n) is 10.1. The van der Waals surface area contributed by atoms with Crippen LogP contribution in [0.3, 0.4) is 0 Å². The van der Waals surface area contributed by atoms with Gasteiger partial charge in [0.2, 0.25) is 11.6 Å². The molecular formula is C30H36ClN3O6Si+. The molecule has 41 heavy (non-hydrogen) atoms. The molecule has 0 spiro atoms. The predicted molar refractivity (Wildman–Crippen MR) is 157 cm³/mol. The monoisotopic (exact) mass is 597 g/mol. The number of ether oxygens (including phenoxy) is 2. The van der Waals surface area contributed by atoms with Crippen molar-refractivity contribution in [3.8, 4) is 0 Å². The van der Waals surface area contributed by atoms with Gasteiger partial charge in [0.05, 0.1) is 7.11 Å². The van der Waals surface area contributed by atoms with E-state index in [0.29, 0.717) is 22.7 Å². The molecular weight excluding hydrogens is 562 g/mol. The Hall–Kier alpha value is -3.50. The number of anilines is 1. The molecule has 3 radical (unpaired) electrons. The first-order valence-corrected chi connectivity index (χ1v) is 14.5. The summed E-state index contributed by atoms with van der Waals surface area (Å²) >= 11 is 6.02. The molecule has 1 aliphatic carbocycles. The largest absolute Gasteiger partial charge is 0.574 e. The van der Waals surface area contributed by atoms with E-state index in [-0.39, 0.29) is 37.0 Å². The SMILES string of the molecule is COC(=O)[C@H](CCC(=O)N(C)c1ccccc1)NC(=O)/C(CC1CCCCC1)=[N+](\[Si])C(=O)OCc1cccc(Cl)c1. The second-order valence-corrected chi connectivity index (χ2v) is 10.9. The highest BCUT2D eigenvalue weighted by Crippen LogP contribution is 2.27. The summed E-state index contributed by atoms with van der Waals surface area (Å²) in [4.78, 5) is 53.4. The first-order valence-electron chi connectivity index (χ1n) is 13.7. The molecule has 2 aromatic carbocycles.